The first-order chi connectivity index (χ1) is 6.64. The van der Waals surface area contributed by atoms with Gasteiger partial charge in [0.1, 0.15) is 0 Å². The molecule has 0 amide bonds. The Morgan fingerprint density at radius 1 is 1.50 bits per heavy atom. The zero-order valence-electron chi connectivity index (χ0n) is 8.66. The molecule has 1 aliphatic rings. The van der Waals surface area contributed by atoms with E-state index in [0.29, 0.717) is 11.5 Å². The largest absolute Gasteiger partial charge is 0.382 e. The summed E-state index contributed by atoms with van der Waals surface area (Å²) in [5, 5.41) is 3.24. The summed E-state index contributed by atoms with van der Waals surface area (Å²) in [7, 11) is -2.74. The van der Waals surface area contributed by atoms with E-state index in [4.69, 9.17) is 4.74 Å². The van der Waals surface area contributed by atoms with Crippen LogP contribution in [-0.4, -0.2) is 45.7 Å². The molecule has 0 radical (unpaired) electrons. The second-order valence-electron chi connectivity index (χ2n) is 3.60. The molecule has 14 heavy (non-hydrogen) atoms. The summed E-state index contributed by atoms with van der Waals surface area (Å²) in [6.07, 6.45) is 1.71. The second kappa shape index (κ2) is 5.68. The fraction of sp³-hybridized carbons (Fsp3) is 1.00. The first-order valence-corrected chi connectivity index (χ1v) is 6.98. The van der Waals surface area contributed by atoms with Crippen LogP contribution in [0.25, 0.3) is 0 Å². The third-order valence-electron chi connectivity index (χ3n) is 2.34. The van der Waals surface area contributed by atoms with Crippen molar-refractivity contribution in [2.24, 2.45) is 0 Å². The van der Waals surface area contributed by atoms with E-state index in [1.807, 2.05) is 6.92 Å². The number of nitrogens with one attached hydrogen (secondary N) is 1. The normalized spacial score (nSPS) is 25.4. The molecule has 0 aliphatic carbocycles. The van der Waals surface area contributed by atoms with Crippen molar-refractivity contribution in [3.63, 3.8) is 0 Å². The summed E-state index contributed by atoms with van der Waals surface area (Å²) < 4.78 is 27.4. The van der Waals surface area contributed by atoms with E-state index < -0.39 is 9.84 Å². The molecule has 1 unspecified atom stereocenters. The van der Waals surface area contributed by atoms with Gasteiger partial charge in [-0.25, -0.2) is 8.42 Å². The summed E-state index contributed by atoms with van der Waals surface area (Å²) in [5.41, 5.74) is 0. The van der Waals surface area contributed by atoms with Gasteiger partial charge in [0, 0.05) is 19.3 Å². The van der Waals surface area contributed by atoms with Crippen molar-refractivity contribution in [3.8, 4) is 0 Å². The quantitative estimate of drug-likeness (QED) is 0.651. The van der Waals surface area contributed by atoms with Gasteiger partial charge in [-0.05, 0) is 26.3 Å². The summed E-state index contributed by atoms with van der Waals surface area (Å²) in [6, 6.07) is 0.168. The van der Waals surface area contributed by atoms with Crippen molar-refractivity contribution in [2.45, 2.75) is 25.8 Å². The second-order valence-corrected chi connectivity index (χ2v) is 5.83. The fourth-order valence-corrected chi connectivity index (χ4v) is 3.29. The highest BCUT2D eigenvalue weighted by atomic mass is 32.2. The van der Waals surface area contributed by atoms with Crippen molar-refractivity contribution in [1.29, 1.82) is 0 Å². The lowest BCUT2D eigenvalue weighted by molar-refractivity contribution is 0.144. The van der Waals surface area contributed by atoms with E-state index >= 15 is 0 Å². The van der Waals surface area contributed by atoms with Crippen molar-refractivity contribution in [3.05, 3.63) is 0 Å². The molecule has 1 atom stereocenters. The number of hydrogen-bond acceptors (Lipinski definition) is 4. The molecule has 5 heteroatoms. The lowest BCUT2D eigenvalue weighted by atomic mass is 10.2. The maximum atomic E-state index is 11.1. The van der Waals surface area contributed by atoms with Gasteiger partial charge in [-0.3, -0.25) is 0 Å². The Labute approximate surface area is 85.9 Å². The predicted molar refractivity (Wildman–Crippen MR) is 56.2 cm³/mol. The molecule has 1 rings (SSSR count). The first kappa shape index (κ1) is 11.9. The molecule has 1 aliphatic heterocycles. The van der Waals surface area contributed by atoms with E-state index in [-0.39, 0.29) is 6.04 Å². The zero-order valence-corrected chi connectivity index (χ0v) is 9.48. The fourth-order valence-electron chi connectivity index (χ4n) is 1.58. The van der Waals surface area contributed by atoms with Gasteiger partial charge in [-0.1, -0.05) is 0 Å². The highest BCUT2D eigenvalue weighted by molar-refractivity contribution is 7.91. The minimum absolute atomic E-state index is 0.168. The Bertz CT molecular complexity index is 251. The monoisotopic (exact) mass is 221 g/mol. The number of ether oxygens (including phenoxy) is 1. The van der Waals surface area contributed by atoms with Crippen LogP contribution in [0.3, 0.4) is 0 Å². The van der Waals surface area contributed by atoms with Crippen LogP contribution < -0.4 is 5.32 Å². The Hall–Kier alpha value is -0.130. The zero-order chi connectivity index (χ0) is 10.4. The van der Waals surface area contributed by atoms with Gasteiger partial charge in [0.15, 0.2) is 9.84 Å². The van der Waals surface area contributed by atoms with E-state index in [2.05, 4.69) is 5.32 Å². The summed E-state index contributed by atoms with van der Waals surface area (Å²) >= 11 is 0. The summed E-state index contributed by atoms with van der Waals surface area (Å²) in [4.78, 5) is 0. The molecule has 1 N–H and O–H groups in total. The van der Waals surface area contributed by atoms with Crippen LogP contribution in [0.2, 0.25) is 0 Å². The Kier molecular flexibility index (Phi) is 4.84. The van der Waals surface area contributed by atoms with Crippen molar-refractivity contribution in [1.82, 2.24) is 5.32 Å². The van der Waals surface area contributed by atoms with Gasteiger partial charge < -0.3 is 10.1 Å². The molecule has 1 fully saturated rings. The van der Waals surface area contributed by atoms with E-state index in [0.717, 1.165) is 32.6 Å². The molecule has 0 aromatic carbocycles. The van der Waals surface area contributed by atoms with Crippen LogP contribution in [0.15, 0.2) is 0 Å². The molecule has 1 saturated heterocycles. The molecule has 0 aromatic heterocycles. The van der Waals surface area contributed by atoms with Crippen LogP contribution in [0.4, 0.5) is 0 Å². The third kappa shape index (κ3) is 4.39. The average molecular weight is 221 g/mol. The molecule has 0 spiro atoms. The molecule has 0 saturated carbocycles. The highest BCUT2D eigenvalue weighted by Gasteiger charge is 2.26. The highest BCUT2D eigenvalue weighted by Crippen LogP contribution is 2.10. The van der Waals surface area contributed by atoms with Gasteiger partial charge in [0.05, 0.1) is 11.5 Å². The van der Waals surface area contributed by atoms with Gasteiger partial charge in [0.25, 0.3) is 0 Å². The summed E-state index contributed by atoms with van der Waals surface area (Å²) in [6.45, 7) is 4.32. The van der Waals surface area contributed by atoms with E-state index in [1.165, 1.54) is 0 Å². The van der Waals surface area contributed by atoms with Gasteiger partial charge in [0.2, 0.25) is 0 Å². The maximum absolute atomic E-state index is 11.1. The average Bonchev–Trinajstić information content (AvgIpc) is 2.45. The van der Waals surface area contributed by atoms with Crippen molar-refractivity contribution < 1.29 is 13.2 Å². The Balaban J connectivity index is 2.03. The number of rotatable bonds is 6. The molecule has 0 bridgehead atoms. The molecule has 1 heterocycles. The van der Waals surface area contributed by atoms with E-state index in [1.54, 1.807) is 0 Å². The predicted octanol–water partition coefficient (Wildman–Crippen LogP) is 0.190. The maximum Gasteiger partial charge on any atom is 0.151 e. The number of hydrogen-bond donors (Lipinski definition) is 1. The Morgan fingerprint density at radius 3 is 2.86 bits per heavy atom. The van der Waals surface area contributed by atoms with Crippen LogP contribution in [0.1, 0.15) is 19.8 Å². The van der Waals surface area contributed by atoms with Crippen LogP contribution >= 0.6 is 0 Å². The van der Waals surface area contributed by atoms with Gasteiger partial charge >= 0.3 is 0 Å². The lowest BCUT2D eigenvalue weighted by Crippen LogP contribution is -2.31. The SMILES string of the molecule is CCOCCCNC1CCS(=O)(=O)C1. The van der Waals surface area contributed by atoms with Crippen LogP contribution in [0, 0.1) is 0 Å². The van der Waals surface area contributed by atoms with Crippen molar-refractivity contribution in [2.75, 3.05) is 31.3 Å². The minimum atomic E-state index is -2.74. The molecule has 4 nitrogen and oxygen atoms in total. The van der Waals surface area contributed by atoms with E-state index in [9.17, 15) is 8.42 Å². The van der Waals surface area contributed by atoms with Crippen LogP contribution in [0.5, 0.6) is 0 Å². The van der Waals surface area contributed by atoms with Crippen molar-refractivity contribution >= 4 is 9.84 Å². The van der Waals surface area contributed by atoms with Gasteiger partial charge in [-0.2, -0.15) is 0 Å². The Morgan fingerprint density at radius 2 is 2.29 bits per heavy atom. The van der Waals surface area contributed by atoms with Crippen LogP contribution in [-0.2, 0) is 14.6 Å². The third-order valence-corrected chi connectivity index (χ3v) is 4.10. The molecular weight excluding hydrogens is 202 g/mol. The minimum Gasteiger partial charge on any atom is -0.382 e. The lowest BCUT2D eigenvalue weighted by Gasteiger charge is -2.09. The van der Waals surface area contributed by atoms with Gasteiger partial charge in [-0.15, -0.1) is 0 Å². The molecule has 84 valence electrons. The first-order valence-electron chi connectivity index (χ1n) is 5.15. The summed E-state index contributed by atoms with van der Waals surface area (Å²) in [5.74, 6) is 0.651. The number of sulfone groups is 1. The molecular formula is C9H19NO3S. The standard InChI is InChI=1S/C9H19NO3S/c1-2-13-6-3-5-10-9-4-7-14(11,12)8-9/h9-10H,2-8H2,1H3. The smallest absolute Gasteiger partial charge is 0.151 e. The molecule has 0 aromatic rings. The topological polar surface area (TPSA) is 55.4 Å².